The predicted octanol–water partition coefficient (Wildman–Crippen LogP) is 3.48. The van der Waals surface area contributed by atoms with Gasteiger partial charge >= 0.3 is 5.97 Å². The SMILES string of the molecule is Cc1ccc(C2=NN(C(=O)CCC(=O)O)C(c3cccc4nccnc34)C2)cc1. The minimum absolute atomic E-state index is 0.104. The zero-order chi connectivity index (χ0) is 20.4. The van der Waals surface area contributed by atoms with Crippen LogP contribution in [0.5, 0.6) is 0 Å². The molecule has 1 N–H and O–H groups in total. The van der Waals surface area contributed by atoms with Gasteiger partial charge in [-0.15, -0.1) is 0 Å². The highest BCUT2D eigenvalue weighted by Gasteiger charge is 2.34. The Morgan fingerprint density at radius 1 is 1.07 bits per heavy atom. The van der Waals surface area contributed by atoms with E-state index < -0.39 is 5.97 Å². The van der Waals surface area contributed by atoms with Gasteiger partial charge in [0.15, 0.2) is 0 Å². The molecule has 3 aromatic rings. The Morgan fingerprint density at radius 2 is 1.83 bits per heavy atom. The van der Waals surface area contributed by atoms with Crippen LogP contribution in [0.15, 0.2) is 60.0 Å². The highest BCUT2D eigenvalue weighted by atomic mass is 16.4. The van der Waals surface area contributed by atoms with Gasteiger partial charge in [-0.2, -0.15) is 5.10 Å². The van der Waals surface area contributed by atoms with E-state index in [2.05, 4.69) is 15.1 Å². The summed E-state index contributed by atoms with van der Waals surface area (Å²) in [6, 6.07) is 13.3. The van der Waals surface area contributed by atoms with Crippen LogP contribution in [-0.2, 0) is 9.59 Å². The number of carboxylic acids is 1. The van der Waals surface area contributed by atoms with Crippen molar-refractivity contribution in [3.63, 3.8) is 0 Å². The Bertz CT molecular complexity index is 1100. The molecule has 7 nitrogen and oxygen atoms in total. The lowest BCUT2D eigenvalue weighted by molar-refractivity contribution is -0.141. The van der Waals surface area contributed by atoms with Crippen molar-refractivity contribution < 1.29 is 14.7 Å². The molecule has 7 heteroatoms. The molecule has 0 radical (unpaired) electrons. The first-order valence-corrected chi connectivity index (χ1v) is 9.41. The van der Waals surface area contributed by atoms with Gasteiger partial charge in [-0.25, -0.2) is 5.01 Å². The van der Waals surface area contributed by atoms with Gasteiger partial charge in [0.1, 0.15) is 0 Å². The Kier molecular flexibility index (Phi) is 5.03. The molecule has 0 saturated carbocycles. The van der Waals surface area contributed by atoms with Gasteiger partial charge in [-0.3, -0.25) is 19.6 Å². The van der Waals surface area contributed by atoms with E-state index in [1.165, 1.54) is 5.01 Å². The maximum absolute atomic E-state index is 12.8. The summed E-state index contributed by atoms with van der Waals surface area (Å²) in [6.07, 6.45) is 3.45. The number of hydrogen-bond donors (Lipinski definition) is 1. The summed E-state index contributed by atoms with van der Waals surface area (Å²) in [5.41, 5.74) is 5.19. The van der Waals surface area contributed by atoms with E-state index in [9.17, 15) is 9.59 Å². The molecule has 1 unspecified atom stereocenters. The number of benzene rings is 2. The largest absolute Gasteiger partial charge is 0.481 e. The highest BCUT2D eigenvalue weighted by molar-refractivity contribution is 6.03. The van der Waals surface area contributed by atoms with Crippen molar-refractivity contribution in [3.05, 3.63) is 71.5 Å². The predicted molar refractivity (Wildman–Crippen MR) is 108 cm³/mol. The summed E-state index contributed by atoms with van der Waals surface area (Å²) < 4.78 is 0. The number of aromatic nitrogens is 2. The third kappa shape index (κ3) is 3.85. The molecule has 1 amide bonds. The first-order valence-electron chi connectivity index (χ1n) is 9.41. The Hall–Kier alpha value is -3.61. The fraction of sp³-hybridized carbons (Fsp3) is 0.227. The minimum Gasteiger partial charge on any atom is -0.481 e. The van der Waals surface area contributed by atoms with Crippen molar-refractivity contribution in [2.24, 2.45) is 5.10 Å². The second-order valence-electron chi connectivity index (χ2n) is 7.04. The Balaban J connectivity index is 1.73. The third-order valence-electron chi connectivity index (χ3n) is 4.99. The number of nitrogens with zero attached hydrogens (tertiary/aromatic N) is 4. The summed E-state index contributed by atoms with van der Waals surface area (Å²) >= 11 is 0. The number of fused-ring (bicyclic) bond motifs is 1. The van der Waals surface area contributed by atoms with Gasteiger partial charge in [0.05, 0.1) is 29.2 Å². The van der Waals surface area contributed by atoms with Gasteiger partial charge in [0, 0.05) is 30.8 Å². The number of amides is 1. The average molecular weight is 388 g/mol. The number of carbonyl (C=O) groups is 2. The van der Waals surface area contributed by atoms with Gasteiger partial charge in [0.2, 0.25) is 5.91 Å². The average Bonchev–Trinajstić information content (AvgIpc) is 3.17. The number of hydrogen-bond acceptors (Lipinski definition) is 5. The smallest absolute Gasteiger partial charge is 0.303 e. The number of rotatable bonds is 5. The summed E-state index contributed by atoms with van der Waals surface area (Å²) in [5, 5.41) is 15.0. The molecule has 29 heavy (non-hydrogen) atoms. The van der Waals surface area contributed by atoms with E-state index in [4.69, 9.17) is 5.11 Å². The topological polar surface area (TPSA) is 95.8 Å². The van der Waals surface area contributed by atoms with Crippen LogP contribution in [0.1, 0.15) is 42.0 Å². The summed E-state index contributed by atoms with van der Waals surface area (Å²) in [6.45, 7) is 2.01. The van der Waals surface area contributed by atoms with Crippen molar-refractivity contribution in [2.75, 3.05) is 0 Å². The maximum atomic E-state index is 12.8. The highest BCUT2D eigenvalue weighted by Crippen LogP contribution is 2.36. The molecular formula is C22H20N4O3. The van der Waals surface area contributed by atoms with Crippen LogP contribution in [0.2, 0.25) is 0 Å². The normalized spacial score (nSPS) is 16.1. The minimum atomic E-state index is -1.01. The van der Waals surface area contributed by atoms with Crippen LogP contribution in [0.25, 0.3) is 11.0 Å². The first kappa shape index (κ1) is 18.7. The number of carbonyl (C=O) groups excluding carboxylic acids is 1. The van der Waals surface area contributed by atoms with E-state index in [1.54, 1.807) is 12.4 Å². The third-order valence-corrected chi connectivity index (χ3v) is 4.99. The molecule has 2 aromatic carbocycles. The van der Waals surface area contributed by atoms with Crippen LogP contribution in [-0.4, -0.2) is 37.7 Å². The molecule has 1 aliphatic heterocycles. The molecule has 4 rings (SSSR count). The molecule has 0 saturated heterocycles. The van der Waals surface area contributed by atoms with Crippen LogP contribution < -0.4 is 0 Å². The van der Waals surface area contributed by atoms with Crippen LogP contribution in [0.4, 0.5) is 0 Å². The number of aliphatic carboxylic acids is 1. The lowest BCUT2D eigenvalue weighted by Crippen LogP contribution is -2.27. The fourth-order valence-corrected chi connectivity index (χ4v) is 3.52. The standard InChI is InChI=1S/C22H20N4O3/c1-14-5-7-15(8-6-14)18-13-19(26(25-18)20(27)9-10-21(28)29)16-3-2-4-17-22(16)24-12-11-23-17/h2-8,11-12,19H,9-10,13H2,1H3,(H,28,29). The van der Waals surface area contributed by atoms with Crippen molar-refractivity contribution in [1.82, 2.24) is 15.0 Å². The first-order chi connectivity index (χ1) is 14.0. The lowest BCUT2D eigenvalue weighted by atomic mass is 9.96. The van der Waals surface area contributed by atoms with E-state index in [0.717, 1.165) is 33.4 Å². The second-order valence-corrected chi connectivity index (χ2v) is 7.04. The van der Waals surface area contributed by atoms with Gasteiger partial charge in [-0.1, -0.05) is 42.0 Å². The van der Waals surface area contributed by atoms with Crippen LogP contribution in [0.3, 0.4) is 0 Å². The van der Waals surface area contributed by atoms with E-state index >= 15 is 0 Å². The van der Waals surface area contributed by atoms with Gasteiger partial charge < -0.3 is 5.11 Å². The molecule has 0 spiro atoms. The molecular weight excluding hydrogens is 368 g/mol. The zero-order valence-electron chi connectivity index (χ0n) is 15.9. The van der Waals surface area contributed by atoms with Crippen molar-refractivity contribution >= 4 is 28.6 Å². The lowest BCUT2D eigenvalue weighted by Gasteiger charge is -2.22. The summed E-state index contributed by atoms with van der Waals surface area (Å²) in [5.74, 6) is -1.33. The summed E-state index contributed by atoms with van der Waals surface area (Å²) in [4.78, 5) is 32.6. The molecule has 0 aliphatic carbocycles. The van der Waals surface area contributed by atoms with E-state index in [0.29, 0.717) is 6.42 Å². The molecule has 1 aromatic heterocycles. The van der Waals surface area contributed by atoms with E-state index in [-0.39, 0.29) is 24.8 Å². The summed E-state index contributed by atoms with van der Waals surface area (Å²) in [7, 11) is 0. The number of aryl methyl sites for hydroxylation is 1. The van der Waals surface area contributed by atoms with Gasteiger partial charge in [-0.05, 0) is 18.6 Å². The Labute approximate surface area is 167 Å². The molecule has 2 heterocycles. The van der Waals surface area contributed by atoms with Crippen molar-refractivity contribution in [1.29, 1.82) is 0 Å². The van der Waals surface area contributed by atoms with Crippen molar-refractivity contribution in [3.8, 4) is 0 Å². The molecule has 1 aliphatic rings. The van der Waals surface area contributed by atoms with Crippen LogP contribution in [0, 0.1) is 6.92 Å². The van der Waals surface area contributed by atoms with E-state index in [1.807, 2.05) is 49.4 Å². The zero-order valence-corrected chi connectivity index (χ0v) is 15.9. The number of carboxylic acid groups (broad SMARTS) is 1. The maximum Gasteiger partial charge on any atom is 0.303 e. The number of hydrazone groups is 1. The molecule has 1 atom stereocenters. The molecule has 146 valence electrons. The van der Waals surface area contributed by atoms with Gasteiger partial charge in [0.25, 0.3) is 0 Å². The van der Waals surface area contributed by atoms with Crippen molar-refractivity contribution in [2.45, 2.75) is 32.2 Å². The molecule has 0 fully saturated rings. The monoisotopic (exact) mass is 388 g/mol. The Morgan fingerprint density at radius 3 is 2.59 bits per heavy atom. The second kappa shape index (κ2) is 7.79. The number of para-hydroxylation sites is 1. The van der Waals surface area contributed by atoms with Crippen LogP contribution >= 0.6 is 0 Å². The fourth-order valence-electron chi connectivity index (χ4n) is 3.52. The quantitative estimate of drug-likeness (QED) is 0.722. The molecule has 0 bridgehead atoms.